The normalized spacial score (nSPS) is 19.2. The van der Waals surface area contributed by atoms with Crippen molar-refractivity contribution in [3.8, 4) is 5.75 Å². The van der Waals surface area contributed by atoms with Crippen molar-refractivity contribution < 1.29 is 19.4 Å². The highest BCUT2D eigenvalue weighted by Gasteiger charge is 2.32. The molecule has 1 N–H and O–H groups in total. The van der Waals surface area contributed by atoms with Crippen molar-refractivity contribution in [3.05, 3.63) is 77.9 Å². The largest absolute Gasteiger partial charge is 0.508 e. The van der Waals surface area contributed by atoms with E-state index in [0.717, 1.165) is 101 Å². The summed E-state index contributed by atoms with van der Waals surface area (Å²) in [6.07, 6.45) is 6.61. The van der Waals surface area contributed by atoms with Gasteiger partial charge in [0.15, 0.2) is 0 Å². The van der Waals surface area contributed by atoms with Gasteiger partial charge in [0.2, 0.25) is 0 Å². The van der Waals surface area contributed by atoms with Crippen LogP contribution in [0.2, 0.25) is 0 Å². The molecule has 0 aliphatic carbocycles. The molecule has 0 saturated carbocycles. The second-order valence-corrected chi connectivity index (χ2v) is 11.9. The Kier molecular flexibility index (Phi) is 12.6. The van der Waals surface area contributed by atoms with E-state index in [-0.39, 0.29) is 23.7 Å². The summed E-state index contributed by atoms with van der Waals surface area (Å²) >= 11 is 0. The third-order valence-electron chi connectivity index (χ3n) is 8.69. The van der Waals surface area contributed by atoms with Crippen molar-refractivity contribution in [1.82, 2.24) is 19.6 Å². The zero-order chi connectivity index (χ0) is 30.6. The number of phenols is 1. The Hall–Kier alpha value is -3.20. The van der Waals surface area contributed by atoms with Crippen LogP contribution in [-0.2, 0) is 9.53 Å². The average Bonchev–Trinajstić information content (AvgIpc) is 3.00. The molecule has 2 aromatic carbocycles. The van der Waals surface area contributed by atoms with Gasteiger partial charge in [0, 0.05) is 70.4 Å². The molecule has 2 aliphatic heterocycles. The molecule has 4 rings (SSSR count). The lowest BCUT2D eigenvalue weighted by molar-refractivity contribution is -0.143. The smallest absolute Gasteiger partial charge is 0.305 e. The first-order valence-electron chi connectivity index (χ1n) is 16.0. The van der Waals surface area contributed by atoms with Gasteiger partial charge in [-0.1, -0.05) is 43.2 Å². The molecule has 0 aromatic heterocycles. The Morgan fingerprint density at radius 3 is 2.35 bits per heavy atom. The van der Waals surface area contributed by atoms with E-state index in [0.29, 0.717) is 19.1 Å². The third kappa shape index (κ3) is 9.39. The number of benzene rings is 2. The lowest BCUT2D eigenvalue weighted by atomic mass is 9.93. The van der Waals surface area contributed by atoms with Gasteiger partial charge in [-0.2, -0.15) is 0 Å². The van der Waals surface area contributed by atoms with E-state index in [1.54, 1.807) is 6.07 Å². The van der Waals surface area contributed by atoms with Crippen molar-refractivity contribution in [2.45, 2.75) is 58.0 Å². The summed E-state index contributed by atoms with van der Waals surface area (Å²) in [4.78, 5) is 34.5. The quantitative estimate of drug-likeness (QED) is 0.190. The molecule has 8 heteroatoms. The van der Waals surface area contributed by atoms with E-state index < -0.39 is 0 Å². The summed E-state index contributed by atoms with van der Waals surface area (Å²) in [5, 5.41) is 10.3. The molecule has 1 amide bonds. The molecule has 0 bridgehead atoms. The number of carbonyl (C=O) groups excluding carboxylic acids is 2. The number of phenolic OH excluding ortho intramolecular Hbond substituents is 1. The highest BCUT2D eigenvalue weighted by Crippen LogP contribution is 2.34. The van der Waals surface area contributed by atoms with Crippen LogP contribution in [0.3, 0.4) is 0 Å². The Labute approximate surface area is 257 Å². The maximum absolute atomic E-state index is 13.7. The van der Waals surface area contributed by atoms with E-state index in [1.165, 1.54) is 0 Å². The van der Waals surface area contributed by atoms with Crippen LogP contribution in [0.15, 0.2) is 61.2 Å². The summed E-state index contributed by atoms with van der Waals surface area (Å²) in [5.41, 5.74) is 2.82. The van der Waals surface area contributed by atoms with Gasteiger partial charge in [0.25, 0.3) is 5.91 Å². The molecule has 2 fully saturated rings. The fourth-order valence-corrected chi connectivity index (χ4v) is 6.44. The highest BCUT2D eigenvalue weighted by atomic mass is 16.5. The van der Waals surface area contributed by atoms with Crippen LogP contribution >= 0.6 is 0 Å². The van der Waals surface area contributed by atoms with Gasteiger partial charge >= 0.3 is 5.97 Å². The second kappa shape index (κ2) is 16.6. The number of unbranched alkanes of at least 4 members (excludes halogenated alkanes) is 3. The predicted octanol–water partition coefficient (Wildman–Crippen LogP) is 4.95. The SMILES string of the molecule is C=CCN1CCN(C(c2cccc(O)c2)c2cccc(C(=O)N3CCN(CCCCCCC(=O)OCC)CC3)c2)C(C)C1. The monoisotopic (exact) mass is 590 g/mol. The van der Waals surface area contributed by atoms with Gasteiger partial charge in [-0.25, -0.2) is 0 Å². The molecular formula is C35H50N4O4. The maximum Gasteiger partial charge on any atom is 0.305 e. The van der Waals surface area contributed by atoms with E-state index >= 15 is 0 Å². The van der Waals surface area contributed by atoms with Gasteiger partial charge in [0.05, 0.1) is 12.6 Å². The number of esters is 1. The van der Waals surface area contributed by atoms with Crippen molar-refractivity contribution >= 4 is 11.9 Å². The summed E-state index contributed by atoms with van der Waals surface area (Å²) in [6.45, 7) is 16.3. The average molecular weight is 591 g/mol. The molecule has 2 atom stereocenters. The number of aromatic hydroxyl groups is 1. The molecule has 2 aliphatic rings. The predicted molar refractivity (Wildman–Crippen MR) is 171 cm³/mol. The van der Waals surface area contributed by atoms with Gasteiger partial charge in [-0.05, 0) is 68.6 Å². The first-order valence-corrected chi connectivity index (χ1v) is 16.0. The first-order chi connectivity index (χ1) is 20.9. The first kappa shape index (κ1) is 32.7. The molecular weight excluding hydrogens is 540 g/mol. The summed E-state index contributed by atoms with van der Waals surface area (Å²) in [5.74, 6) is 0.238. The number of hydrogen-bond acceptors (Lipinski definition) is 7. The van der Waals surface area contributed by atoms with Crippen LogP contribution in [0.25, 0.3) is 0 Å². The topological polar surface area (TPSA) is 76.6 Å². The highest BCUT2D eigenvalue weighted by molar-refractivity contribution is 5.94. The van der Waals surface area contributed by atoms with E-state index in [1.807, 2.05) is 42.2 Å². The van der Waals surface area contributed by atoms with Crippen molar-refractivity contribution in [1.29, 1.82) is 0 Å². The third-order valence-corrected chi connectivity index (χ3v) is 8.69. The van der Waals surface area contributed by atoms with Gasteiger partial charge in [0.1, 0.15) is 5.75 Å². The molecule has 0 radical (unpaired) electrons. The minimum absolute atomic E-state index is 0.0603. The minimum atomic E-state index is -0.0969. The summed E-state index contributed by atoms with van der Waals surface area (Å²) in [7, 11) is 0. The second-order valence-electron chi connectivity index (χ2n) is 11.9. The van der Waals surface area contributed by atoms with E-state index in [2.05, 4.69) is 46.4 Å². The van der Waals surface area contributed by atoms with Crippen LogP contribution in [0.1, 0.15) is 73.5 Å². The zero-order valence-electron chi connectivity index (χ0n) is 26.1. The Bertz CT molecular complexity index is 1200. The van der Waals surface area contributed by atoms with Crippen molar-refractivity contribution in [2.75, 3.05) is 65.5 Å². The number of carbonyl (C=O) groups is 2. The number of nitrogens with zero attached hydrogens (tertiary/aromatic N) is 4. The van der Waals surface area contributed by atoms with Crippen molar-refractivity contribution in [2.24, 2.45) is 0 Å². The van der Waals surface area contributed by atoms with Crippen LogP contribution in [-0.4, -0.2) is 108 Å². The Morgan fingerprint density at radius 2 is 1.65 bits per heavy atom. The lowest BCUT2D eigenvalue weighted by Gasteiger charge is -2.44. The number of ether oxygens (including phenoxy) is 1. The Morgan fingerprint density at radius 1 is 0.953 bits per heavy atom. The van der Waals surface area contributed by atoms with E-state index in [9.17, 15) is 14.7 Å². The van der Waals surface area contributed by atoms with E-state index in [4.69, 9.17) is 4.74 Å². The maximum atomic E-state index is 13.7. The molecule has 2 saturated heterocycles. The molecule has 0 spiro atoms. The van der Waals surface area contributed by atoms with Crippen LogP contribution < -0.4 is 0 Å². The zero-order valence-corrected chi connectivity index (χ0v) is 26.1. The fourth-order valence-electron chi connectivity index (χ4n) is 6.44. The number of rotatable bonds is 14. The number of hydrogen-bond donors (Lipinski definition) is 1. The number of amides is 1. The molecule has 234 valence electrons. The lowest BCUT2D eigenvalue weighted by Crippen LogP contribution is -2.53. The van der Waals surface area contributed by atoms with Crippen molar-refractivity contribution in [3.63, 3.8) is 0 Å². The summed E-state index contributed by atoms with van der Waals surface area (Å²) < 4.78 is 5.00. The van der Waals surface area contributed by atoms with Crippen LogP contribution in [0.4, 0.5) is 0 Å². The molecule has 8 nitrogen and oxygen atoms in total. The molecule has 2 unspecified atom stereocenters. The minimum Gasteiger partial charge on any atom is -0.508 e. The fraction of sp³-hybridized carbons (Fsp3) is 0.543. The molecule has 2 aromatic rings. The van der Waals surface area contributed by atoms with Gasteiger partial charge in [-0.3, -0.25) is 24.3 Å². The van der Waals surface area contributed by atoms with Gasteiger partial charge in [-0.15, -0.1) is 6.58 Å². The molecule has 43 heavy (non-hydrogen) atoms. The standard InChI is InChI=1S/C35H50N4O4/c1-4-17-37-21-24-39(28(3)27-37)34(30-13-11-15-32(40)26-30)29-12-10-14-31(25-29)35(42)38-22-19-36(20-23-38)18-9-7-6-8-16-33(41)43-5-2/h4,10-15,25-26,28,34,40H,1,5-9,16-24,27H2,2-3H3. The Balaban J connectivity index is 1.35. The molecule has 2 heterocycles. The summed E-state index contributed by atoms with van der Waals surface area (Å²) in [6, 6.07) is 15.9. The van der Waals surface area contributed by atoms with Gasteiger partial charge < -0.3 is 14.7 Å². The van der Waals surface area contributed by atoms with Crippen LogP contribution in [0.5, 0.6) is 5.75 Å². The number of piperazine rings is 2. The van der Waals surface area contributed by atoms with Crippen LogP contribution in [0, 0.1) is 0 Å².